The van der Waals surface area contributed by atoms with Gasteiger partial charge in [-0.25, -0.2) is 0 Å². The third-order valence-electron chi connectivity index (χ3n) is 4.44. The van der Waals surface area contributed by atoms with Gasteiger partial charge in [-0.3, -0.25) is 9.48 Å². The van der Waals surface area contributed by atoms with E-state index in [0.717, 1.165) is 19.4 Å². The lowest BCUT2D eigenvalue weighted by molar-refractivity contribution is 0.0631. The Hall–Kier alpha value is -1.36. The van der Waals surface area contributed by atoms with Crippen molar-refractivity contribution in [3.63, 3.8) is 0 Å². The lowest BCUT2D eigenvalue weighted by atomic mass is 9.97. The Kier molecular flexibility index (Phi) is 3.31. The second-order valence-electron chi connectivity index (χ2n) is 5.76. The minimum Gasteiger partial charge on any atom is -0.336 e. The Morgan fingerprint density at radius 3 is 2.68 bits per heavy atom. The zero-order chi connectivity index (χ0) is 13.4. The van der Waals surface area contributed by atoms with Gasteiger partial charge in [-0.05, 0) is 32.6 Å². The Labute approximate surface area is 114 Å². The SMILES string of the molecule is CCN(C(=O)c1cnn(C)c1)C1CC2CCC(C1)N2. The summed E-state index contributed by atoms with van der Waals surface area (Å²) in [4.78, 5) is 14.6. The van der Waals surface area contributed by atoms with Crippen LogP contribution in [0.4, 0.5) is 0 Å². The van der Waals surface area contributed by atoms with Crippen molar-refractivity contribution >= 4 is 5.91 Å². The van der Waals surface area contributed by atoms with Crippen LogP contribution in [0.15, 0.2) is 12.4 Å². The van der Waals surface area contributed by atoms with Crippen LogP contribution < -0.4 is 5.32 Å². The van der Waals surface area contributed by atoms with Crippen molar-refractivity contribution in [3.8, 4) is 0 Å². The van der Waals surface area contributed by atoms with Crippen LogP contribution in [0.2, 0.25) is 0 Å². The van der Waals surface area contributed by atoms with Gasteiger partial charge in [0.05, 0.1) is 11.8 Å². The quantitative estimate of drug-likeness (QED) is 0.889. The number of nitrogens with zero attached hydrogens (tertiary/aromatic N) is 3. The molecule has 19 heavy (non-hydrogen) atoms. The molecule has 3 rings (SSSR count). The molecule has 3 heterocycles. The lowest BCUT2D eigenvalue weighted by Crippen LogP contribution is -2.50. The maximum Gasteiger partial charge on any atom is 0.257 e. The highest BCUT2D eigenvalue weighted by atomic mass is 16.2. The summed E-state index contributed by atoms with van der Waals surface area (Å²) in [5.74, 6) is 0.127. The molecule has 5 heteroatoms. The van der Waals surface area contributed by atoms with Crippen molar-refractivity contribution in [1.29, 1.82) is 0 Å². The van der Waals surface area contributed by atoms with E-state index >= 15 is 0 Å². The van der Waals surface area contributed by atoms with Gasteiger partial charge < -0.3 is 10.2 Å². The van der Waals surface area contributed by atoms with Gasteiger partial charge in [0.15, 0.2) is 0 Å². The molecule has 1 amide bonds. The van der Waals surface area contributed by atoms with Crippen LogP contribution in [0.25, 0.3) is 0 Å². The number of fused-ring (bicyclic) bond motifs is 2. The minimum absolute atomic E-state index is 0.127. The molecule has 0 saturated carbocycles. The molecule has 1 aromatic heterocycles. The molecule has 2 aliphatic heterocycles. The Bertz CT molecular complexity index is 458. The highest BCUT2D eigenvalue weighted by molar-refractivity contribution is 5.94. The lowest BCUT2D eigenvalue weighted by Gasteiger charge is -2.37. The van der Waals surface area contributed by atoms with Crippen molar-refractivity contribution in [2.75, 3.05) is 6.54 Å². The molecule has 5 nitrogen and oxygen atoms in total. The van der Waals surface area contributed by atoms with Gasteiger partial charge in [0.25, 0.3) is 5.91 Å². The Balaban J connectivity index is 1.75. The molecule has 2 aliphatic rings. The second-order valence-corrected chi connectivity index (χ2v) is 5.76. The van der Waals surface area contributed by atoms with Crippen LogP contribution >= 0.6 is 0 Å². The molecule has 0 spiro atoms. The number of nitrogens with one attached hydrogen (secondary N) is 1. The van der Waals surface area contributed by atoms with Crippen molar-refractivity contribution in [2.45, 2.75) is 50.7 Å². The van der Waals surface area contributed by atoms with Crippen molar-refractivity contribution in [1.82, 2.24) is 20.0 Å². The van der Waals surface area contributed by atoms with Gasteiger partial charge in [0.1, 0.15) is 0 Å². The van der Waals surface area contributed by atoms with Crippen molar-refractivity contribution in [2.24, 2.45) is 7.05 Å². The number of amides is 1. The molecular formula is C14H22N4O. The monoisotopic (exact) mass is 262 g/mol. The number of carbonyl (C=O) groups excluding carboxylic acids is 1. The van der Waals surface area contributed by atoms with Gasteiger partial charge in [-0.1, -0.05) is 0 Å². The zero-order valence-electron chi connectivity index (χ0n) is 11.7. The number of piperidine rings is 1. The summed E-state index contributed by atoms with van der Waals surface area (Å²) in [5, 5.41) is 7.73. The van der Waals surface area contributed by atoms with Gasteiger partial charge >= 0.3 is 0 Å². The average molecular weight is 262 g/mol. The van der Waals surface area contributed by atoms with E-state index in [1.54, 1.807) is 17.1 Å². The fourth-order valence-electron chi connectivity index (χ4n) is 3.55. The first-order valence-corrected chi connectivity index (χ1v) is 7.23. The van der Waals surface area contributed by atoms with Gasteiger partial charge in [0.2, 0.25) is 0 Å². The molecule has 104 valence electrons. The minimum atomic E-state index is 0.127. The van der Waals surface area contributed by atoms with Crippen molar-refractivity contribution < 1.29 is 4.79 Å². The van der Waals surface area contributed by atoms with E-state index in [4.69, 9.17) is 0 Å². The first-order valence-electron chi connectivity index (χ1n) is 7.23. The zero-order valence-corrected chi connectivity index (χ0v) is 11.7. The van der Waals surface area contributed by atoms with Crippen LogP contribution in [0.3, 0.4) is 0 Å². The summed E-state index contributed by atoms with van der Waals surface area (Å²) in [5.41, 5.74) is 0.704. The van der Waals surface area contributed by atoms with E-state index in [1.165, 1.54) is 12.8 Å². The standard InChI is InChI=1S/C14H22N4O/c1-3-18(14(19)10-8-15-17(2)9-10)13-6-11-4-5-12(7-13)16-11/h8-9,11-13,16H,3-7H2,1-2H3. The summed E-state index contributed by atoms with van der Waals surface area (Å²) >= 11 is 0. The molecular weight excluding hydrogens is 240 g/mol. The predicted octanol–water partition coefficient (Wildman–Crippen LogP) is 1.17. The number of carbonyl (C=O) groups is 1. The first kappa shape index (κ1) is 12.7. The van der Waals surface area contributed by atoms with Crippen LogP contribution in [0.5, 0.6) is 0 Å². The van der Waals surface area contributed by atoms with Crippen molar-refractivity contribution in [3.05, 3.63) is 18.0 Å². The number of aryl methyl sites for hydroxylation is 1. The summed E-state index contributed by atoms with van der Waals surface area (Å²) < 4.78 is 1.69. The van der Waals surface area contributed by atoms with Crippen LogP contribution in [-0.4, -0.2) is 45.3 Å². The summed E-state index contributed by atoms with van der Waals surface area (Å²) in [6.45, 7) is 2.84. The molecule has 0 aromatic carbocycles. The molecule has 2 unspecified atom stereocenters. The maximum atomic E-state index is 12.6. The molecule has 2 atom stereocenters. The first-order chi connectivity index (χ1) is 9.17. The number of hydrogen-bond acceptors (Lipinski definition) is 3. The van der Waals surface area contributed by atoms with E-state index in [9.17, 15) is 4.79 Å². The summed E-state index contributed by atoms with van der Waals surface area (Å²) in [6.07, 6.45) is 8.19. The molecule has 1 N–H and O–H groups in total. The third-order valence-corrected chi connectivity index (χ3v) is 4.44. The smallest absolute Gasteiger partial charge is 0.257 e. The highest BCUT2D eigenvalue weighted by Crippen LogP contribution is 2.30. The van der Waals surface area contributed by atoms with Crippen LogP contribution in [0.1, 0.15) is 43.0 Å². The van der Waals surface area contributed by atoms with Gasteiger partial charge in [-0.15, -0.1) is 0 Å². The molecule has 2 fully saturated rings. The fraction of sp³-hybridized carbons (Fsp3) is 0.714. The average Bonchev–Trinajstić information content (AvgIpc) is 2.97. The van der Waals surface area contributed by atoms with E-state index in [1.807, 2.05) is 11.9 Å². The Morgan fingerprint density at radius 1 is 1.47 bits per heavy atom. The largest absolute Gasteiger partial charge is 0.336 e. The second kappa shape index (κ2) is 4.96. The summed E-state index contributed by atoms with van der Waals surface area (Å²) in [6, 6.07) is 1.61. The number of aromatic nitrogens is 2. The van der Waals surface area contributed by atoms with Crippen LogP contribution in [-0.2, 0) is 7.05 Å². The van der Waals surface area contributed by atoms with E-state index in [-0.39, 0.29) is 5.91 Å². The predicted molar refractivity (Wildman–Crippen MR) is 72.9 cm³/mol. The molecule has 0 aliphatic carbocycles. The van der Waals surface area contributed by atoms with Gasteiger partial charge in [-0.2, -0.15) is 5.10 Å². The topological polar surface area (TPSA) is 50.2 Å². The number of rotatable bonds is 3. The molecule has 2 saturated heterocycles. The summed E-state index contributed by atoms with van der Waals surface area (Å²) in [7, 11) is 1.85. The van der Waals surface area contributed by atoms with E-state index in [0.29, 0.717) is 23.7 Å². The Morgan fingerprint density at radius 2 is 2.16 bits per heavy atom. The molecule has 1 aromatic rings. The third kappa shape index (κ3) is 2.39. The molecule has 0 radical (unpaired) electrons. The van der Waals surface area contributed by atoms with E-state index < -0.39 is 0 Å². The van der Waals surface area contributed by atoms with Gasteiger partial charge in [0, 0.05) is 37.9 Å². The normalized spacial score (nSPS) is 29.5. The highest BCUT2D eigenvalue weighted by Gasteiger charge is 2.37. The van der Waals surface area contributed by atoms with E-state index in [2.05, 4.69) is 17.3 Å². The van der Waals surface area contributed by atoms with Crippen LogP contribution in [0, 0.1) is 0 Å². The molecule has 2 bridgehead atoms. The number of hydrogen-bond donors (Lipinski definition) is 1. The maximum absolute atomic E-state index is 12.6. The fourth-order valence-corrected chi connectivity index (χ4v) is 3.55.